The molecule has 1 atom stereocenters. The van der Waals surface area contributed by atoms with Crippen LogP contribution in [0.2, 0.25) is 0 Å². The molecule has 0 saturated heterocycles. The highest BCUT2D eigenvalue weighted by molar-refractivity contribution is 4.69. The normalized spacial score (nSPS) is 15.0. The van der Waals surface area contributed by atoms with Crippen molar-refractivity contribution < 1.29 is 0 Å². The lowest BCUT2D eigenvalue weighted by atomic mass is 10.0. The highest BCUT2D eigenvalue weighted by atomic mass is 15.1. The Morgan fingerprint density at radius 1 is 1.33 bits per heavy atom. The van der Waals surface area contributed by atoms with Crippen LogP contribution in [0.15, 0.2) is 0 Å². The number of hydrogen-bond donors (Lipinski definition) is 1. The van der Waals surface area contributed by atoms with Crippen molar-refractivity contribution in [1.29, 1.82) is 0 Å². The molecule has 0 rings (SSSR count). The largest absolute Gasteiger partial charge is 0.329 e. The molecule has 0 aromatic rings. The summed E-state index contributed by atoms with van der Waals surface area (Å²) in [6.45, 7) is 5.14. The van der Waals surface area contributed by atoms with Gasteiger partial charge in [0.15, 0.2) is 0 Å². The standard InChI is InChI=1S/C7H18N2/c1-6(2)7(5-8)9(3)4/h6-7H,5,8H2,1-4H3/t7-/m1/s1. The van der Waals surface area contributed by atoms with E-state index in [2.05, 4.69) is 32.8 Å². The molecule has 0 amide bonds. The minimum absolute atomic E-state index is 0.532. The highest BCUT2D eigenvalue weighted by Gasteiger charge is 2.12. The Morgan fingerprint density at radius 2 is 1.78 bits per heavy atom. The Labute approximate surface area is 58.0 Å². The van der Waals surface area contributed by atoms with Crippen molar-refractivity contribution in [2.75, 3.05) is 20.6 Å². The fourth-order valence-corrected chi connectivity index (χ4v) is 1.08. The van der Waals surface area contributed by atoms with E-state index in [0.29, 0.717) is 12.0 Å². The van der Waals surface area contributed by atoms with E-state index < -0.39 is 0 Å². The third kappa shape index (κ3) is 2.82. The first-order valence-electron chi connectivity index (χ1n) is 3.46. The average Bonchev–Trinajstić information content (AvgIpc) is 1.64. The van der Waals surface area contributed by atoms with Crippen molar-refractivity contribution >= 4 is 0 Å². The van der Waals surface area contributed by atoms with Crippen molar-refractivity contribution in [3.63, 3.8) is 0 Å². The predicted molar refractivity (Wildman–Crippen MR) is 41.4 cm³/mol. The summed E-state index contributed by atoms with van der Waals surface area (Å²) in [5, 5.41) is 0. The summed E-state index contributed by atoms with van der Waals surface area (Å²) >= 11 is 0. The zero-order valence-corrected chi connectivity index (χ0v) is 6.89. The summed E-state index contributed by atoms with van der Waals surface area (Å²) in [6.07, 6.45) is 0. The first-order valence-corrected chi connectivity index (χ1v) is 3.46. The molecule has 0 aliphatic carbocycles. The van der Waals surface area contributed by atoms with Crippen molar-refractivity contribution in [3.05, 3.63) is 0 Å². The van der Waals surface area contributed by atoms with Gasteiger partial charge in [0.25, 0.3) is 0 Å². The van der Waals surface area contributed by atoms with E-state index in [0.717, 1.165) is 6.54 Å². The molecule has 0 aliphatic rings. The molecule has 0 aromatic heterocycles. The summed E-state index contributed by atoms with van der Waals surface area (Å²) < 4.78 is 0. The van der Waals surface area contributed by atoms with Gasteiger partial charge in [-0.1, -0.05) is 13.8 Å². The number of nitrogens with zero attached hydrogens (tertiary/aromatic N) is 1. The summed E-state index contributed by atoms with van der Waals surface area (Å²) in [4.78, 5) is 2.17. The van der Waals surface area contributed by atoms with Crippen LogP contribution in [0.25, 0.3) is 0 Å². The van der Waals surface area contributed by atoms with E-state index in [9.17, 15) is 0 Å². The Bertz CT molecular complexity index is 61.3. The average molecular weight is 130 g/mol. The Morgan fingerprint density at radius 3 is 1.78 bits per heavy atom. The molecule has 2 N–H and O–H groups in total. The quantitative estimate of drug-likeness (QED) is 0.604. The van der Waals surface area contributed by atoms with Crippen LogP contribution in [0.1, 0.15) is 13.8 Å². The van der Waals surface area contributed by atoms with Crippen LogP contribution in [0.4, 0.5) is 0 Å². The van der Waals surface area contributed by atoms with Gasteiger partial charge in [-0.05, 0) is 20.0 Å². The first-order chi connectivity index (χ1) is 4.09. The highest BCUT2D eigenvalue weighted by Crippen LogP contribution is 2.04. The molecule has 0 fully saturated rings. The van der Waals surface area contributed by atoms with Gasteiger partial charge in [-0.2, -0.15) is 0 Å². The summed E-state index contributed by atoms with van der Waals surface area (Å²) in [6, 6.07) is 0.532. The molecule has 0 aromatic carbocycles. The number of hydrogen-bond acceptors (Lipinski definition) is 2. The van der Waals surface area contributed by atoms with E-state index in [1.165, 1.54) is 0 Å². The second-order valence-corrected chi connectivity index (χ2v) is 3.01. The molecule has 56 valence electrons. The fourth-order valence-electron chi connectivity index (χ4n) is 1.08. The van der Waals surface area contributed by atoms with Crippen molar-refractivity contribution in [2.24, 2.45) is 11.7 Å². The lowest BCUT2D eigenvalue weighted by Gasteiger charge is -2.25. The number of rotatable bonds is 3. The lowest BCUT2D eigenvalue weighted by molar-refractivity contribution is 0.238. The first kappa shape index (κ1) is 8.92. The maximum atomic E-state index is 5.53. The third-order valence-electron chi connectivity index (χ3n) is 1.67. The van der Waals surface area contributed by atoms with Gasteiger partial charge in [-0.25, -0.2) is 0 Å². The van der Waals surface area contributed by atoms with Crippen LogP contribution in [0.3, 0.4) is 0 Å². The molecule has 0 aliphatic heterocycles. The maximum Gasteiger partial charge on any atom is 0.0235 e. The Hall–Kier alpha value is -0.0800. The zero-order chi connectivity index (χ0) is 7.44. The second-order valence-electron chi connectivity index (χ2n) is 3.01. The minimum atomic E-state index is 0.532. The third-order valence-corrected chi connectivity index (χ3v) is 1.67. The van der Waals surface area contributed by atoms with Gasteiger partial charge in [0.1, 0.15) is 0 Å². The molecular weight excluding hydrogens is 112 g/mol. The molecule has 9 heavy (non-hydrogen) atoms. The number of likely N-dealkylation sites (N-methyl/N-ethyl adjacent to an activating group) is 1. The molecular formula is C7H18N2. The smallest absolute Gasteiger partial charge is 0.0235 e. The van der Waals surface area contributed by atoms with Gasteiger partial charge in [0.05, 0.1) is 0 Å². The van der Waals surface area contributed by atoms with Gasteiger partial charge >= 0.3 is 0 Å². The molecule has 0 spiro atoms. The van der Waals surface area contributed by atoms with E-state index in [1.807, 2.05) is 0 Å². The Kier molecular flexibility index (Phi) is 3.82. The van der Waals surface area contributed by atoms with E-state index in [-0.39, 0.29) is 0 Å². The predicted octanol–water partition coefficient (Wildman–Crippen LogP) is 0.531. The monoisotopic (exact) mass is 130 g/mol. The van der Waals surface area contributed by atoms with Crippen molar-refractivity contribution in [3.8, 4) is 0 Å². The van der Waals surface area contributed by atoms with Crippen LogP contribution in [-0.4, -0.2) is 31.6 Å². The van der Waals surface area contributed by atoms with Gasteiger partial charge in [0.2, 0.25) is 0 Å². The summed E-state index contributed by atoms with van der Waals surface area (Å²) in [5.74, 6) is 0.657. The topological polar surface area (TPSA) is 29.3 Å². The molecule has 0 saturated carbocycles. The Balaban J connectivity index is 3.68. The van der Waals surface area contributed by atoms with Gasteiger partial charge in [-0.15, -0.1) is 0 Å². The van der Waals surface area contributed by atoms with Crippen molar-refractivity contribution in [1.82, 2.24) is 4.90 Å². The fraction of sp³-hybridized carbons (Fsp3) is 1.00. The lowest BCUT2D eigenvalue weighted by Crippen LogP contribution is -2.39. The summed E-state index contributed by atoms with van der Waals surface area (Å²) in [7, 11) is 4.13. The van der Waals surface area contributed by atoms with Crippen LogP contribution in [0.5, 0.6) is 0 Å². The van der Waals surface area contributed by atoms with Gasteiger partial charge < -0.3 is 10.6 Å². The SMILES string of the molecule is CC(C)[C@@H](CN)N(C)C. The van der Waals surface area contributed by atoms with Crippen LogP contribution in [0, 0.1) is 5.92 Å². The molecule has 2 heteroatoms. The van der Waals surface area contributed by atoms with E-state index >= 15 is 0 Å². The minimum Gasteiger partial charge on any atom is -0.329 e. The zero-order valence-electron chi connectivity index (χ0n) is 6.89. The van der Waals surface area contributed by atoms with Crippen LogP contribution in [-0.2, 0) is 0 Å². The second kappa shape index (κ2) is 3.85. The van der Waals surface area contributed by atoms with E-state index in [1.54, 1.807) is 0 Å². The molecule has 2 nitrogen and oxygen atoms in total. The molecule has 0 bridgehead atoms. The maximum absolute atomic E-state index is 5.53. The van der Waals surface area contributed by atoms with Gasteiger partial charge in [-0.3, -0.25) is 0 Å². The van der Waals surface area contributed by atoms with Crippen LogP contribution >= 0.6 is 0 Å². The van der Waals surface area contributed by atoms with Crippen LogP contribution < -0.4 is 5.73 Å². The van der Waals surface area contributed by atoms with E-state index in [4.69, 9.17) is 5.73 Å². The molecule has 0 heterocycles. The molecule has 0 unspecified atom stereocenters. The number of nitrogens with two attached hydrogens (primary N) is 1. The van der Waals surface area contributed by atoms with Crippen molar-refractivity contribution in [2.45, 2.75) is 19.9 Å². The summed E-state index contributed by atoms with van der Waals surface area (Å²) in [5.41, 5.74) is 5.53. The molecule has 0 radical (unpaired) electrons. The van der Waals surface area contributed by atoms with Gasteiger partial charge in [0, 0.05) is 12.6 Å².